The third kappa shape index (κ3) is 3.06. The summed E-state index contributed by atoms with van der Waals surface area (Å²) in [7, 11) is 0. The number of fused-ring (bicyclic) bond motifs is 3. The fourth-order valence-corrected chi connectivity index (χ4v) is 4.33. The highest BCUT2D eigenvalue weighted by Gasteiger charge is 2.21. The fraction of sp³-hybridized carbons (Fsp3) is 0.0714. The fourth-order valence-electron chi connectivity index (χ4n) is 4.33. The van der Waals surface area contributed by atoms with Crippen LogP contribution in [-0.4, -0.2) is 9.97 Å². The molecule has 0 spiro atoms. The number of rotatable bonds is 3. The van der Waals surface area contributed by atoms with E-state index in [-0.39, 0.29) is 0 Å². The maximum absolute atomic E-state index is 6.15. The molecule has 2 heterocycles. The number of hydrogen-bond donors (Lipinski definition) is 0. The summed E-state index contributed by atoms with van der Waals surface area (Å²) in [5, 5.41) is 1.15. The molecule has 1 aliphatic carbocycles. The summed E-state index contributed by atoms with van der Waals surface area (Å²) in [4.78, 5) is 9.94. The summed E-state index contributed by atoms with van der Waals surface area (Å²) >= 11 is 0. The van der Waals surface area contributed by atoms with Gasteiger partial charge in [0.05, 0.1) is 11.4 Å². The summed E-state index contributed by atoms with van der Waals surface area (Å²) in [5.41, 5.74) is 8.32. The zero-order chi connectivity index (χ0) is 20.8. The standard InChI is InChI=1S/C28H20N2O/c1-18-15-22(27-21-13-8-14-25(21)31-26(27)16-18)24-17-23(19-9-4-2-5-10-19)29-28(30-24)20-11-6-3-7-12-20/h2-12,14-17H,13H2,1H3. The average molecular weight is 400 g/mol. The SMILES string of the molecule is Cc1cc(-c2cc(-c3ccccc3)nc(-c3ccccc3)n2)c2c3c(oc2c1)C=CC3. The van der Waals surface area contributed by atoms with Crippen LogP contribution in [0.15, 0.2) is 89.4 Å². The van der Waals surface area contributed by atoms with E-state index in [1.165, 1.54) is 5.56 Å². The normalized spacial score (nSPS) is 12.4. The molecule has 3 aromatic carbocycles. The molecule has 0 saturated heterocycles. The number of aromatic nitrogens is 2. The Labute approximate surface area is 180 Å². The van der Waals surface area contributed by atoms with Gasteiger partial charge in [-0.2, -0.15) is 0 Å². The number of aryl methyl sites for hydroxylation is 1. The van der Waals surface area contributed by atoms with Gasteiger partial charge >= 0.3 is 0 Å². The van der Waals surface area contributed by atoms with Gasteiger partial charge in [-0.05, 0) is 43.2 Å². The van der Waals surface area contributed by atoms with Crippen LogP contribution in [-0.2, 0) is 6.42 Å². The lowest BCUT2D eigenvalue weighted by molar-refractivity contribution is 0.602. The number of benzene rings is 3. The van der Waals surface area contributed by atoms with Crippen LogP contribution in [0.4, 0.5) is 0 Å². The van der Waals surface area contributed by atoms with Crippen LogP contribution in [0.1, 0.15) is 16.9 Å². The number of furan rings is 1. The van der Waals surface area contributed by atoms with Crippen LogP contribution < -0.4 is 0 Å². The molecular weight excluding hydrogens is 380 g/mol. The second-order valence-corrected chi connectivity index (χ2v) is 7.93. The topological polar surface area (TPSA) is 38.9 Å². The van der Waals surface area contributed by atoms with E-state index in [1.807, 2.05) is 36.4 Å². The number of nitrogens with zero attached hydrogens (tertiary/aromatic N) is 2. The lowest BCUT2D eigenvalue weighted by atomic mass is 9.98. The smallest absolute Gasteiger partial charge is 0.160 e. The van der Waals surface area contributed by atoms with E-state index < -0.39 is 0 Å². The molecule has 0 saturated carbocycles. The van der Waals surface area contributed by atoms with Gasteiger partial charge in [-0.1, -0.05) is 66.7 Å². The molecule has 148 valence electrons. The van der Waals surface area contributed by atoms with Crippen LogP contribution in [0, 0.1) is 6.92 Å². The quantitative estimate of drug-likeness (QED) is 0.324. The highest BCUT2D eigenvalue weighted by Crippen LogP contribution is 2.39. The Morgan fingerprint density at radius 2 is 1.48 bits per heavy atom. The third-order valence-electron chi connectivity index (χ3n) is 5.76. The predicted molar refractivity (Wildman–Crippen MR) is 126 cm³/mol. The minimum atomic E-state index is 0.727. The molecule has 1 aliphatic rings. The molecule has 0 N–H and O–H groups in total. The first kappa shape index (κ1) is 17.8. The molecule has 0 bridgehead atoms. The maximum Gasteiger partial charge on any atom is 0.160 e. The van der Waals surface area contributed by atoms with Gasteiger partial charge in [0.2, 0.25) is 0 Å². The molecule has 0 radical (unpaired) electrons. The van der Waals surface area contributed by atoms with E-state index in [0.29, 0.717) is 0 Å². The largest absolute Gasteiger partial charge is 0.456 e. The monoisotopic (exact) mass is 400 g/mol. The Balaban J connectivity index is 1.64. The Morgan fingerprint density at radius 1 is 0.774 bits per heavy atom. The predicted octanol–water partition coefficient (Wildman–Crippen LogP) is 7.10. The first-order valence-electron chi connectivity index (χ1n) is 10.5. The first-order chi connectivity index (χ1) is 15.3. The molecule has 31 heavy (non-hydrogen) atoms. The maximum atomic E-state index is 6.15. The Morgan fingerprint density at radius 3 is 2.26 bits per heavy atom. The first-order valence-corrected chi connectivity index (χ1v) is 10.5. The van der Waals surface area contributed by atoms with Crippen molar-refractivity contribution < 1.29 is 4.42 Å². The molecule has 5 aromatic rings. The molecule has 0 atom stereocenters. The van der Waals surface area contributed by atoms with Crippen LogP contribution in [0.25, 0.3) is 50.9 Å². The van der Waals surface area contributed by atoms with E-state index in [4.69, 9.17) is 14.4 Å². The number of allylic oxidation sites excluding steroid dienone is 1. The zero-order valence-corrected chi connectivity index (χ0v) is 17.2. The lowest BCUT2D eigenvalue weighted by Gasteiger charge is -2.11. The summed E-state index contributed by atoms with van der Waals surface area (Å²) in [6.45, 7) is 2.10. The van der Waals surface area contributed by atoms with Crippen LogP contribution in [0.2, 0.25) is 0 Å². The van der Waals surface area contributed by atoms with E-state index in [9.17, 15) is 0 Å². The van der Waals surface area contributed by atoms with Crippen LogP contribution in [0.5, 0.6) is 0 Å². The van der Waals surface area contributed by atoms with Crippen molar-refractivity contribution in [3.05, 3.63) is 102 Å². The van der Waals surface area contributed by atoms with Crippen molar-refractivity contribution in [3.8, 4) is 33.9 Å². The van der Waals surface area contributed by atoms with Crippen molar-refractivity contribution in [2.45, 2.75) is 13.3 Å². The summed E-state index contributed by atoms with van der Waals surface area (Å²) in [5.74, 6) is 1.69. The highest BCUT2D eigenvalue weighted by atomic mass is 16.3. The van der Waals surface area contributed by atoms with Crippen molar-refractivity contribution in [2.75, 3.05) is 0 Å². The molecule has 0 amide bonds. The molecule has 0 aliphatic heterocycles. The Kier molecular flexibility index (Phi) is 4.07. The Hall–Kier alpha value is -3.98. The molecule has 0 unspecified atom stereocenters. The van der Waals surface area contributed by atoms with Crippen LogP contribution in [0.3, 0.4) is 0 Å². The van der Waals surface area contributed by atoms with Crippen molar-refractivity contribution in [3.63, 3.8) is 0 Å². The number of hydrogen-bond acceptors (Lipinski definition) is 3. The molecule has 6 rings (SSSR count). The minimum absolute atomic E-state index is 0.727. The van der Waals surface area contributed by atoms with E-state index >= 15 is 0 Å². The second-order valence-electron chi connectivity index (χ2n) is 7.93. The summed E-state index contributed by atoms with van der Waals surface area (Å²) in [6.07, 6.45) is 5.11. The van der Waals surface area contributed by atoms with E-state index in [1.54, 1.807) is 0 Å². The molecule has 2 aromatic heterocycles. The van der Waals surface area contributed by atoms with Crippen LogP contribution >= 0.6 is 0 Å². The summed E-state index contributed by atoms with van der Waals surface area (Å²) in [6, 6.07) is 26.9. The van der Waals surface area contributed by atoms with Gasteiger partial charge in [0.15, 0.2) is 5.82 Å². The molecule has 3 heteroatoms. The van der Waals surface area contributed by atoms with Gasteiger partial charge in [-0.25, -0.2) is 9.97 Å². The minimum Gasteiger partial charge on any atom is -0.456 e. The molecule has 0 fully saturated rings. The van der Waals surface area contributed by atoms with Crippen molar-refractivity contribution in [1.82, 2.24) is 9.97 Å². The van der Waals surface area contributed by atoms with E-state index in [0.717, 1.165) is 62.6 Å². The van der Waals surface area contributed by atoms with Crippen molar-refractivity contribution in [1.29, 1.82) is 0 Å². The Bertz CT molecular complexity index is 1390. The second kappa shape index (κ2) is 7.06. The molecular formula is C28H20N2O. The van der Waals surface area contributed by atoms with Gasteiger partial charge < -0.3 is 4.42 Å². The lowest BCUT2D eigenvalue weighted by Crippen LogP contribution is -1.97. The third-order valence-corrected chi connectivity index (χ3v) is 5.76. The molecule has 3 nitrogen and oxygen atoms in total. The van der Waals surface area contributed by atoms with E-state index in [2.05, 4.69) is 61.5 Å². The van der Waals surface area contributed by atoms with Gasteiger partial charge in [0, 0.05) is 27.6 Å². The zero-order valence-electron chi connectivity index (χ0n) is 17.2. The van der Waals surface area contributed by atoms with Crippen molar-refractivity contribution in [2.24, 2.45) is 0 Å². The highest BCUT2D eigenvalue weighted by molar-refractivity contribution is 5.99. The van der Waals surface area contributed by atoms with Gasteiger partial charge in [-0.3, -0.25) is 0 Å². The summed E-state index contributed by atoms with van der Waals surface area (Å²) < 4.78 is 6.15. The van der Waals surface area contributed by atoms with Gasteiger partial charge in [0.25, 0.3) is 0 Å². The average Bonchev–Trinajstić information content (AvgIpc) is 3.40. The van der Waals surface area contributed by atoms with Gasteiger partial charge in [-0.15, -0.1) is 0 Å². The van der Waals surface area contributed by atoms with Crippen molar-refractivity contribution >= 4 is 17.0 Å². The van der Waals surface area contributed by atoms with Gasteiger partial charge in [0.1, 0.15) is 11.3 Å².